The van der Waals surface area contributed by atoms with E-state index in [9.17, 15) is 9.59 Å². The van der Waals surface area contributed by atoms with Gasteiger partial charge in [-0.2, -0.15) is 0 Å². The highest BCUT2D eigenvalue weighted by Crippen LogP contribution is 2.29. The number of piperazine rings is 1. The van der Waals surface area contributed by atoms with Gasteiger partial charge >= 0.3 is 0 Å². The van der Waals surface area contributed by atoms with E-state index in [-0.39, 0.29) is 23.6 Å². The van der Waals surface area contributed by atoms with Crippen molar-refractivity contribution < 1.29 is 9.53 Å². The van der Waals surface area contributed by atoms with E-state index in [0.29, 0.717) is 43.7 Å². The van der Waals surface area contributed by atoms with Gasteiger partial charge in [0.1, 0.15) is 11.2 Å². The number of aromatic nitrogens is 2. The van der Waals surface area contributed by atoms with Gasteiger partial charge in [-0.3, -0.25) is 19.1 Å². The molecule has 7 nitrogen and oxygen atoms in total. The van der Waals surface area contributed by atoms with Crippen molar-refractivity contribution in [1.82, 2.24) is 19.4 Å². The zero-order chi connectivity index (χ0) is 24.9. The Labute approximate surface area is 211 Å². The summed E-state index contributed by atoms with van der Waals surface area (Å²) in [6.45, 7) is 6.96. The number of fused-ring (bicyclic) bond motifs is 1. The molecule has 2 aromatic carbocycles. The van der Waals surface area contributed by atoms with E-state index in [1.54, 1.807) is 11.7 Å². The summed E-state index contributed by atoms with van der Waals surface area (Å²) < 4.78 is 7.04. The number of rotatable bonds is 8. The standard InChI is InChI=1S/C27H33ClN4O3/c1-4-23(25-29-22-13-9-8-12-21(22)26(33)32(25)16-17-35-3)30-14-15-31(19(2)18-30)27(34)24(28)20-10-6-5-7-11-20/h5-13,19,23-24H,4,14-18H2,1-3H3. The molecule has 0 aliphatic carbocycles. The highest BCUT2D eigenvalue weighted by molar-refractivity contribution is 6.30. The number of carbonyl (C=O) groups is 1. The van der Waals surface area contributed by atoms with E-state index in [1.165, 1.54) is 0 Å². The van der Waals surface area contributed by atoms with Crippen molar-refractivity contribution in [1.29, 1.82) is 0 Å². The van der Waals surface area contributed by atoms with Crippen LogP contribution < -0.4 is 5.56 Å². The summed E-state index contributed by atoms with van der Waals surface area (Å²) in [5, 5.41) is -0.0893. The quantitative estimate of drug-likeness (QED) is 0.441. The monoisotopic (exact) mass is 496 g/mol. The first-order valence-corrected chi connectivity index (χ1v) is 12.6. The van der Waals surface area contributed by atoms with Gasteiger partial charge in [0, 0.05) is 32.8 Å². The molecule has 35 heavy (non-hydrogen) atoms. The molecule has 1 fully saturated rings. The van der Waals surface area contributed by atoms with E-state index in [0.717, 1.165) is 17.8 Å². The van der Waals surface area contributed by atoms with Gasteiger partial charge in [0.15, 0.2) is 0 Å². The minimum atomic E-state index is -0.700. The van der Waals surface area contributed by atoms with Crippen molar-refractivity contribution in [3.8, 4) is 0 Å². The van der Waals surface area contributed by atoms with Gasteiger partial charge in [0.2, 0.25) is 5.91 Å². The second kappa shape index (κ2) is 11.3. The molecule has 4 rings (SSSR count). The summed E-state index contributed by atoms with van der Waals surface area (Å²) in [6.07, 6.45) is 0.792. The molecular formula is C27H33ClN4O3. The number of halogens is 1. The molecule has 0 bridgehead atoms. The second-order valence-electron chi connectivity index (χ2n) is 9.01. The van der Waals surface area contributed by atoms with Crippen LogP contribution in [0.2, 0.25) is 0 Å². The number of carbonyl (C=O) groups excluding carboxylic acids is 1. The molecule has 2 heterocycles. The van der Waals surface area contributed by atoms with Crippen LogP contribution in [-0.2, 0) is 16.1 Å². The van der Waals surface area contributed by atoms with Crippen molar-refractivity contribution in [3.63, 3.8) is 0 Å². The van der Waals surface area contributed by atoms with Crippen molar-refractivity contribution in [3.05, 3.63) is 76.3 Å². The van der Waals surface area contributed by atoms with Crippen molar-refractivity contribution in [2.24, 2.45) is 0 Å². The Bertz CT molecular complexity index is 1220. The van der Waals surface area contributed by atoms with Gasteiger partial charge in [0.05, 0.1) is 30.1 Å². The first kappa shape index (κ1) is 25.4. The molecule has 3 unspecified atom stereocenters. The molecule has 186 valence electrons. The normalized spacial score (nSPS) is 18.5. The van der Waals surface area contributed by atoms with Crippen molar-refractivity contribution in [2.45, 2.75) is 44.3 Å². The summed E-state index contributed by atoms with van der Waals surface area (Å²) in [6, 6.07) is 16.9. The molecule has 8 heteroatoms. The van der Waals surface area contributed by atoms with Gasteiger partial charge in [0.25, 0.3) is 5.56 Å². The number of methoxy groups -OCH3 is 1. The average Bonchev–Trinajstić information content (AvgIpc) is 2.89. The van der Waals surface area contributed by atoms with E-state index in [2.05, 4.69) is 18.7 Å². The lowest BCUT2D eigenvalue weighted by Gasteiger charge is -2.43. The number of benzene rings is 2. The molecule has 0 N–H and O–H groups in total. The number of hydrogen-bond donors (Lipinski definition) is 0. The maximum absolute atomic E-state index is 13.4. The van der Waals surface area contributed by atoms with Crippen LogP contribution in [0.3, 0.4) is 0 Å². The number of nitrogens with zero attached hydrogens (tertiary/aromatic N) is 4. The topological polar surface area (TPSA) is 67.7 Å². The van der Waals surface area contributed by atoms with Crippen LogP contribution in [0.25, 0.3) is 10.9 Å². The molecule has 1 aliphatic rings. The first-order chi connectivity index (χ1) is 17.0. The molecule has 0 saturated carbocycles. The fourth-order valence-corrected chi connectivity index (χ4v) is 5.22. The van der Waals surface area contributed by atoms with Gasteiger partial charge in [-0.05, 0) is 31.0 Å². The van der Waals surface area contributed by atoms with Crippen LogP contribution in [0.1, 0.15) is 43.1 Å². The molecule has 1 aliphatic heterocycles. The molecule has 3 aromatic rings. The molecule has 0 spiro atoms. The summed E-state index contributed by atoms with van der Waals surface area (Å²) in [5.41, 5.74) is 1.47. The van der Waals surface area contributed by atoms with Gasteiger partial charge < -0.3 is 9.64 Å². The lowest BCUT2D eigenvalue weighted by Crippen LogP contribution is -2.55. The Morgan fingerprint density at radius 3 is 2.54 bits per heavy atom. The smallest absolute Gasteiger partial charge is 0.261 e. The van der Waals surface area contributed by atoms with E-state index in [4.69, 9.17) is 21.3 Å². The second-order valence-corrected chi connectivity index (χ2v) is 9.45. The number of hydrogen-bond acceptors (Lipinski definition) is 5. The predicted octanol–water partition coefficient (Wildman–Crippen LogP) is 4.01. The number of para-hydroxylation sites is 1. The third-order valence-corrected chi connectivity index (χ3v) is 7.23. The highest BCUT2D eigenvalue weighted by atomic mass is 35.5. The SMILES string of the molecule is CCC(c1nc2ccccc2c(=O)n1CCOC)N1CCN(C(=O)C(Cl)c2ccccc2)C(C)C1. The predicted molar refractivity (Wildman–Crippen MR) is 139 cm³/mol. The zero-order valence-electron chi connectivity index (χ0n) is 20.6. The molecule has 1 aromatic heterocycles. The molecule has 0 radical (unpaired) electrons. The van der Waals surface area contributed by atoms with Crippen LogP contribution in [-0.4, -0.2) is 64.7 Å². The first-order valence-electron chi connectivity index (χ1n) is 12.2. The Morgan fingerprint density at radius 1 is 1.14 bits per heavy atom. The summed E-state index contributed by atoms with van der Waals surface area (Å²) in [7, 11) is 1.63. The number of amides is 1. The largest absolute Gasteiger partial charge is 0.383 e. The minimum absolute atomic E-state index is 0.0186. The van der Waals surface area contributed by atoms with Crippen LogP contribution in [0.4, 0.5) is 0 Å². The van der Waals surface area contributed by atoms with Crippen LogP contribution in [0.15, 0.2) is 59.4 Å². The molecule has 1 amide bonds. The summed E-state index contributed by atoms with van der Waals surface area (Å²) in [5.74, 6) is 0.679. The Balaban J connectivity index is 1.59. The fraction of sp³-hybridized carbons (Fsp3) is 0.444. The highest BCUT2D eigenvalue weighted by Gasteiger charge is 2.35. The fourth-order valence-electron chi connectivity index (χ4n) is 4.95. The Hall–Kier alpha value is -2.74. The molecule has 3 atom stereocenters. The van der Waals surface area contributed by atoms with Gasteiger partial charge in [-0.1, -0.05) is 49.4 Å². The van der Waals surface area contributed by atoms with Crippen molar-refractivity contribution in [2.75, 3.05) is 33.4 Å². The number of alkyl halides is 1. The third kappa shape index (κ3) is 5.27. The van der Waals surface area contributed by atoms with E-state index < -0.39 is 5.38 Å². The van der Waals surface area contributed by atoms with E-state index in [1.807, 2.05) is 59.5 Å². The van der Waals surface area contributed by atoms with Crippen LogP contribution in [0, 0.1) is 0 Å². The summed E-state index contributed by atoms with van der Waals surface area (Å²) in [4.78, 5) is 35.7. The zero-order valence-corrected chi connectivity index (χ0v) is 21.3. The lowest BCUT2D eigenvalue weighted by molar-refractivity contribution is -0.136. The summed E-state index contributed by atoms with van der Waals surface area (Å²) >= 11 is 6.55. The lowest BCUT2D eigenvalue weighted by atomic mass is 10.1. The van der Waals surface area contributed by atoms with Crippen LogP contribution in [0.5, 0.6) is 0 Å². The third-order valence-electron chi connectivity index (χ3n) is 6.79. The van der Waals surface area contributed by atoms with Crippen molar-refractivity contribution >= 4 is 28.4 Å². The van der Waals surface area contributed by atoms with Gasteiger partial charge in [-0.25, -0.2) is 4.98 Å². The maximum Gasteiger partial charge on any atom is 0.261 e. The van der Waals surface area contributed by atoms with E-state index >= 15 is 0 Å². The average molecular weight is 497 g/mol. The Morgan fingerprint density at radius 2 is 1.86 bits per heavy atom. The minimum Gasteiger partial charge on any atom is -0.383 e. The Kier molecular flexibility index (Phi) is 8.21. The van der Waals surface area contributed by atoms with Gasteiger partial charge in [-0.15, -0.1) is 11.6 Å². The number of ether oxygens (including phenoxy) is 1. The molecular weight excluding hydrogens is 464 g/mol. The van der Waals surface area contributed by atoms with Crippen LogP contribution >= 0.6 is 11.6 Å². The molecule has 1 saturated heterocycles. The maximum atomic E-state index is 13.4.